The molecule has 0 spiro atoms. The van der Waals surface area contributed by atoms with Gasteiger partial charge in [0.2, 0.25) is 0 Å². The van der Waals surface area contributed by atoms with Crippen molar-refractivity contribution >= 4 is 0 Å². The third kappa shape index (κ3) is 4.57. The summed E-state index contributed by atoms with van der Waals surface area (Å²) in [7, 11) is 0. The first kappa shape index (κ1) is 13.3. The van der Waals surface area contributed by atoms with Crippen molar-refractivity contribution in [2.75, 3.05) is 39.3 Å². The number of nitrogens with zero attached hydrogens (tertiary/aromatic N) is 1. The Balaban J connectivity index is 1.60. The Hall–Kier alpha value is -0.120. The summed E-state index contributed by atoms with van der Waals surface area (Å²) in [5.41, 5.74) is 0. The van der Waals surface area contributed by atoms with Gasteiger partial charge in [0.05, 0.1) is 12.7 Å². The van der Waals surface area contributed by atoms with E-state index in [9.17, 15) is 0 Å². The molecule has 2 fully saturated rings. The number of rotatable bonds is 4. The minimum Gasteiger partial charge on any atom is -0.377 e. The second-order valence-corrected chi connectivity index (χ2v) is 6.03. The molecule has 0 saturated carbocycles. The van der Waals surface area contributed by atoms with E-state index in [0.29, 0.717) is 6.10 Å². The number of piperidine rings is 2. The summed E-state index contributed by atoms with van der Waals surface area (Å²) in [6.07, 6.45) is 4.28. The van der Waals surface area contributed by atoms with E-state index in [4.69, 9.17) is 4.74 Å². The summed E-state index contributed by atoms with van der Waals surface area (Å²) in [5.74, 6) is 1.72. The van der Waals surface area contributed by atoms with Crippen LogP contribution in [0.1, 0.15) is 33.1 Å². The van der Waals surface area contributed by atoms with Crippen LogP contribution < -0.4 is 5.32 Å². The first-order valence-electron chi connectivity index (χ1n) is 7.28. The van der Waals surface area contributed by atoms with Crippen LogP contribution >= 0.6 is 0 Å². The molecule has 2 saturated heterocycles. The molecule has 0 aromatic rings. The average molecular weight is 240 g/mol. The predicted molar refractivity (Wildman–Crippen MR) is 71.2 cm³/mol. The Bertz CT molecular complexity index is 206. The molecule has 2 aliphatic heterocycles. The van der Waals surface area contributed by atoms with Gasteiger partial charge < -0.3 is 15.0 Å². The maximum Gasteiger partial charge on any atom is 0.0600 e. The molecule has 0 aromatic heterocycles. The summed E-state index contributed by atoms with van der Waals surface area (Å²) in [6, 6.07) is 0. The van der Waals surface area contributed by atoms with Crippen molar-refractivity contribution in [2.45, 2.75) is 39.2 Å². The zero-order valence-corrected chi connectivity index (χ0v) is 11.5. The van der Waals surface area contributed by atoms with E-state index in [1.807, 2.05) is 0 Å². The molecule has 0 amide bonds. The fraction of sp³-hybridized carbons (Fsp3) is 1.00. The van der Waals surface area contributed by atoms with Crippen LogP contribution in [0, 0.1) is 11.8 Å². The van der Waals surface area contributed by atoms with Crippen molar-refractivity contribution in [1.82, 2.24) is 10.2 Å². The van der Waals surface area contributed by atoms with Gasteiger partial charge in [-0.2, -0.15) is 0 Å². The lowest BCUT2D eigenvalue weighted by Gasteiger charge is -2.35. The molecule has 3 heteroatoms. The van der Waals surface area contributed by atoms with Crippen LogP contribution in [-0.2, 0) is 4.74 Å². The van der Waals surface area contributed by atoms with Crippen molar-refractivity contribution in [2.24, 2.45) is 11.8 Å². The summed E-state index contributed by atoms with van der Waals surface area (Å²) >= 11 is 0. The first-order valence-corrected chi connectivity index (χ1v) is 7.28. The number of hydrogen-bond acceptors (Lipinski definition) is 3. The molecule has 2 atom stereocenters. The lowest BCUT2D eigenvalue weighted by Crippen LogP contribution is -2.41. The van der Waals surface area contributed by atoms with Crippen LogP contribution in [0.5, 0.6) is 0 Å². The van der Waals surface area contributed by atoms with E-state index in [2.05, 4.69) is 24.1 Å². The van der Waals surface area contributed by atoms with Crippen LogP contribution in [0.25, 0.3) is 0 Å². The number of ether oxygens (including phenoxy) is 1. The highest BCUT2D eigenvalue weighted by Gasteiger charge is 2.21. The monoisotopic (exact) mass is 240 g/mol. The maximum absolute atomic E-state index is 5.97. The van der Waals surface area contributed by atoms with Gasteiger partial charge in [0, 0.05) is 19.6 Å². The van der Waals surface area contributed by atoms with Crippen molar-refractivity contribution < 1.29 is 4.74 Å². The Labute approximate surface area is 106 Å². The minimum atomic E-state index is 0.510. The zero-order chi connectivity index (χ0) is 12.1. The molecule has 0 aromatic carbocycles. The summed E-state index contributed by atoms with van der Waals surface area (Å²) < 4.78 is 5.97. The Kier molecular flexibility index (Phi) is 5.26. The molecule has 2 rings (SSSR count). The molecule has 2 heterocycles. The van der Waals surface area contributed by atoms with E-state index in [-0.39, 0.29) is 0 Å². The molecular formula is C14H28N2O. The van der Waals surface area contributed by atoms with Gasteiger partial charge in [-0.3, -0.25) is 0 Å². The van der Waals surface area contributed by atoms with Gasteiger partial charge in [-0.05, 0) is 44.2 Å². The quantitative estimate of drug-likeness (QED) is 0.810. The Morgan fingerprint density at radius 2 is 1.76 bits per heavy atom. The van der Waals surface area contributed by atoms with Crippen LogP contribution in [0.4, 0.5) is 0 Å². The zero-order valence-electron chi connectivity index (χ0n) is 11.5. The highest BCUT2D eigenvalue weighted by molar-refractivity contribution is 4.75. The number of nitrogens with one attached hydrogen (secondary N) is 1. The van der Waals surface area contributed by atoms with E-state index < -0.39 is 0 Å². The third-order valence-electron chi connectivity index (χ3n) is 3.99. The normalized spacial score (nSPS) is 32.8. The largest absolute Gasteiger partial charge is 0.377 e. The van der Waals surface area contributed by atoms with Crippen molar-refractivity contribution in [1.29, 1.82) is 0 Å². The van der Waals surface area contributed by atoms with Gasteiger partial charge in [0.15, 0.2) is 0 Å². The highest BCUT2D eigenvalue weighted by Crippen LogP contribution is 2.20. The number of likely N-dealkylation sites (tertiary alicyclic amines) is 1. The van der Waals surface area contributed by atoms with Gasteiger partial charge in [0.25, 0.3) is 0 Å². The van der Waals surface area contributed by atoms with Crippen LogP contribution in [0.15, 0.2) is 0 Å². The van der Waals surface area contributed by atoms with Gasteiger partial charge in [-0.25, -0.2) is 0 Å². The number of hydrogen-bond donors (Lipinski definition) is 1. The van der Waals surface area contributed by atoms with E-state index in [1.54, 1.807) is 0 Å². The lowest BCUT2D eigenvalue weighted by atomic mass is 9.92. The molecule has 2 aliphatic rings. The second-order valence-electron chi connectivity index (χ2n) is 6.03. The van der Waals surface area contributed by atoms with Crippen molar-refractivity contribution in [3.05, 3.63) is 0 Å². The molecule has 17 heavy (non-hydrogen) atoms. The molecule has 0 aliphatic carbocycles. The molecule has 0 radical (unpaired) electrons. The van der Waals surface area contributed by atoms with Gasteiger partial charge in [-0.1, -0.05) is 13.8 Å². The third-order valence-corrected chi connectivity index (χ3v) is 3.99. The second kappa shape index (κ2) is 6.72. The summed E-state index contributed by atoms with van der Waals surface area (Å²) in [6.45, 7) is 11.6. The molecule has 3 nitrogen and oxygen atoms in total. The molecule has 100 valence electrons. The Morgan fingerprint density at radius 1 is 1.12 bits per heavy atom. The maximum atomic E-state index is 5.97. The van der Waals surface area contributed by atoms with Gasteiger partial charge in [-0.15, -0.1) is 0 Å². The smallest absolute Gasteiger partial charge is 0.0600 e. The minimum absolute atomic E-state index is 0.510. The summed E-state index contributed by atoms with van der Waals surface area (Å²) in [5, 5.41) is 3.38. The topological polar surface area (TPSA) is 24.5 Å². The standard InChI is InChI=1S/C14H28N2O/c1-12-9-13(2)11-16(10-12)7-8-17-14-3-5-15-6-4-14/h12-15H,3-11H2,1-2H3. The molecule has 2 unspecified atom stereocenters. The SMILES string of the molecule is CC1CC(C)CN(CCOC2CCNCC2)C1. The molecule has 1 N–H and O–H groups in total. The summed E-state index contributed by atoms with van der Waals surface area (Å²) in [4.78, 5) is 2.58. The average Bonchev–Trinajstić information content (AvgIpc) is 2.29. The lowest BCUT2D eigenvalue weighted by molar-refractivity contribution is 0.0109. The highest BCUT2D eigenvalue weighted by atomic mass is 16.5. The Morgan fingerprint density at radius 3 is 2.41 bits per heavy atom. The van der Waals surface area contributed by atoms with Crippen LogP contribution in [0.2, 0.25) is 0 Å². The van der Waals surface area contributed by atoms with Crippen LogP contribution in [-0.4, -0.2) is 50.3 Å². The first-order chi connectivity index (χ1) is 8.24. The predicted octanol–water partition coefficient (Wildman–Crippen LogP) is 1.73. The molecular weight excluding hydrogens is 212 g/mol. The van der Waals surface area contributed by atoms with Gasteiger partial charge >= 0.3 is 0 Å². The van der Waals surface area contributed by atoms with Crippen molar-refractivity contribution in [3.8, 4) is 0 Å². The van der Waals surface area contributed by atoms with Gasteiger partial charge in [0.1, 0.15) is 0 Å². The van der Waals surface area contributed by atoms with E-state index >= 15 is 0 Å². The van der Waals surface area contributed by atoms with E-state index in [0.717, 1.165) is 38.1 Å². The fourth-order valence-electron chi connectivity index (χ4n) is 3.29. The van der Waals surface area contributed by atoms with Crippen LogP contribution in [0.3, 0.4) is 0 Å². The molecule has 0 bridgehead atoms. The van der Waals surface area contributed by atoms with E-state index in [1.165, 1.54) is 32.4 Å². The van der Waals surface area contributed by atoms with Crippen molar-refractivity contribution in [3.63, 3.8) is 0 Å². The fourth-order valence-corrected chi connectivity index (χ4v) is 3.29.